The maximum absolute atomic E-state index is 10.6. The standard InChI is InChI=1S/C11H10N2O6/c1-7(11(14)15)2-3-8-4-9(12(16)17)6-10(5-8)13(18)19/h4-6H,1-3H2,(H,14,15). The monoisotopic (exact) mass is 266 g/mol. The fourth-order valence-electron chi connectivity index (χ4n) is 1.41. The molecule has 0 atom stereocenters. The molecule has 0 amide bonds. The van der Waals surface area contributed by atoms with Crippen molar-refractivity contribution in [2.75, 3.05) is 0 Å². The van der Waals surface area contributed by atoms with E-state index in [9.17, 15) is 25.0 Å². The Kier molecular flexibility index (Phi) is 4.30. The fraction of sp³-hybridized carbons (Fsp3) is 0.182. The van der Waals surface area contributed by atoms with Gasteiger partial charge < -0.3 is 5.11 Å². The van der Waals surface area contributed by atoms with Crippen molar-refractivity contribution < 1.29 is 19.7 Å². The van der Waals surface area contributed by atoms with E-state index in [4.69, 9.17) is 5.11 Å². The first-order chi connectivity index (χ1) is 8.81. The molecule has 1 rings (SSSR count). The number of nitro groups is 2. The van der Waals surface area contributed by atoms with E-state index < -0.39 is 27.2 Å². The lowest BCUT2D eigenvalue weighted by atomic mass is 10.0. The third-order valence-corrected chi connectivity index (χ3v) is 2.40. The second kappa shape index (κ2) is 5.71. The molecular formula is C11H10N2O6. The third-order valence-electron chi connectivity index (χ3n) is 2.40. The Morgan fingerprint density at radius 3 is 2.00 bits per heavy atom. The molecule has 0 spiro atoms. The summed E-state index contributed by atoms with van der Waals surface area (Å²) in [6.45, 7) is 3.32. The Morgan fingerprint density at radius 2 is 1.63 bits per heavy atom. The van der Waals surface area contributed by atoms with Crippen molar-refractivity contribution in [1.29, 1.82) is 0 Å². The minimum Gasteiger partial charge on any atom is -0.478 e. The van der Waals surface area contributed by atoms with Crippen molar-refractivity contribution in [3.8, 4) is 0 Å². The third kappa shape index (κ3) is 3.87. The predicted octanol–water partition coefficient (Wildman–Crippen LogP) is 2.08. The first-order valence-electron chi connectivity index (χ1n) is 5.15. The zero-order valence-corrected chi connectivity index (χ0v) is 9.74. The Bertz CT molecular complexity index is 534. The molecule has 19 heavy (non-hydrogen) atoms. The lowest BCUT2D eigenvalue weighted by molar-refractivity contribution is -0.394. The van der Waals surface area contributed by atoms with E-state index in [1.54, 1.807) is 0 Å². The van der Waals surface area contributed by atoms with Crippen molar-refractivity contribution in [1.82, 2.24) is 0 Å². The van der Waals surface area contributed by atoms with Gasteiger partial charge in [0.1, 0.15) is 0 Å². The van der Waals surface area contributed by atoms with Crippen LogP contribution in [0.25, 0.3) is 0 Å². The van der Waals surface area contributed by atoms with Crippen LogP contribution in [0.4, 0.5) is 11.4 Å². The topological polar surface area (TPSA) is 124 Å². The molecule has 1 aromatic carbocycles. The molecule has 0 radical (unpaired) electrons. The summed E-state index contributed by atoms with van der Waals surface area (Å²) in [7, 11) is 0. The quantitative estimate of drug-likeness (QED) is 0.477. The molecule has 0 saturated carbocycles. The van der Waals surface area contributed by atoms with Crippen LogP contribution in [0.3, 0.4) is 0 Å². The van der Waals surface area contributed by atoms with Gasteiger partial charge in [0, 0.05) is 17.7 Å². The van der Waals surface area contributed by atoms with Gasteiger partial charge in [0.15, 0.2) is 0 Å². The summed E-state index contributed by atoms with van der Waals surface area (Å²) in [5.74, 6) is -1.17. The summed E-state index contributed by atoms with van der Waals surface area (Å²) in [6.07, 6.45) is 0.196. The number of aliphatic carboxylic acids is 1. The maximum Gasteiger partial charge on any atom is 0.330 e. The number of hydrogen-bond donors (Lipinski definition) is 1. The predicted molar refractivity (Wildman–Crippen MR) is 64.8 cm³/mol. The van der Waals surface area contributed by atoms with E-state index in [0.717, 1.165) is 6.07 Å². The number of non-ortho nitro benzene ring substituents is 2. The Balaban J connectivity index is 3.00. The number of carboxylic acids is 1. The molecule has 0 fully saturated rings. The van der Waals surface area contributed by atoms with Gasteiger partial charge in [-0.3, -0.25) is 20.2 Å². The summed E-state index contributed by atoms with van der Waals surface area (Å²) >= 11 is 0. The van der Waals surface area contributed by atoms with Crippen molar-refractivity contribution in [3.05, 3.63) is 56.1 Å². The van der Waals surface area contributed by atoms with Crippen LogP contribution in [0.5, 0.6) is 0 Å². The molecule has 0 bridgehead atoms. The number of rotatable bonds is 6. The van der Waals surface area contributed by atoms with E-state index in [2.05, 4.69) is 6.58 Å². The van der Waals surface area contributed by atoms with Crippen LogP contribution in [-0.2, 0) is 11.2 Å². The van der Waals surface area contributed by atoms with Gasteiger partial charge in [-0.15, -0.1) is 0 Å². The highest BCUT2D eigenvalue weighted by atomic mass is 16.6. The number of nitro benzene ring substituents is 2. The number of carbonyl (C=O) groups is 1. The summed E-state index contributed by atoms with van der Waals surface area (Å²) in [4.78, 5) is 30.4. The van der Waals surface area contributed by atoms with E-state index >= 15 is 0 Å². The van der Waals surface area contributed by atoms with Gasteiger partial charge in [0.25, 0.3) is 11.4 Å². The average Bonchev–Trinajstić information content (AvgIpc) is 2.35. The molecule has 0 unspecified atom stereocenters. The highest BCUT2D eigenvalue weighted by Gasteiger charge is 2.16. The molecule has 8 heteroatoms. The second-order valence-electron chi connectivity index (χ2n) is 3.78. The minimum atomic E-state index is -1.17. The first kappa shape index (κ1) is 14.3. The van der Waals surface area contributed by atoms with Gasteiger partial charge in [-0.25, -0.2) is 4.79 Å². The van der Waals surface area contributed by atoms with Gasteiger partial charge in [-0.2, -0.15) is 0 Å². The highest BCUT2D eigenvalue weighted by Crippen LogP contribution is 2.24. The number of benzene rings is 1. The summed E-state index contributed by atoms with van der Waals surface area (Å²) in [5.41, 5.74) is -0.535. The van der Waals surface area contributed by atoms with Gasteiger partial charge in [0.05, 0.1) is 15.9 Å². The Hall–Kier alpha value is -2.77. The number of nitrogens with zero attached hydrogens (tertiary/aromatic N) is 2. The van der Waals surface area contributed by atoms with Crippen LogP contribution in [-0.4, -0.2) is 20.9 Å². The largest absolute Gasteiger partial charge is 0.478 e. The van der Waals surface area contributed by atoms with E-state index in [-0.39, 0.29) is 18.4 Å². The van der Waals surface area contributed by atoms with Gasteiger partial charge >= 0.3 is 5.97 Å². The van der Waals surface area contributed by atoms with Gasteiger partial charge in [-0.05, 0) is 18.4 Å². The second-order valence-corrected chi connectivity index (χ2v) is 3.78. The molecule has 0 aliphatic heterocycles. The molecule has 0 aliphatic carbocycles. The van der Waals surface area contributed by atoms with Crippen LogP contribution in [0.15, 0.2) is 30.4 Å². The lowest BCUT2D eigenvalue weighted by Gasteiger charge is -2.02. The van der Waals surface area contributed by atoms with Crippen LogP contribution in [0.2, 0.25) is 0 Å². The number of aryl methyl sites for hydroxylation is 1. The van der Waals surface area contributed by atoms with Crippen LogP contribution < -0.4 is 0 Å². The van der Waals surface area contributed by atoms with Crippen molar-refractivity contribution >= 4 is 17.3 Å². The zero-order valence-electron chi connectivity index (χ0n) is 9.74. The zero-order chi connectivity index (χ0) is 14.6. The Morgan fingerprint density at radius 1 is 1.16 bits per heavy atom. The SMILES string of the molecule is C=C(CCc1cc([N+](=O)[O-])cc([N+](=O)[O-])c1)C(=O)O. The summed E-state index contributed by atoms with van der Waals surface area (Å²) in [5, 5.41) is 29.9. The number of hydrogen-bond acceptors (Lipinski definition) is 5. The van der Waals surface area contributed by atoms with E-state index in [1.807, 2.05) is 0 Å². The molecule has 0 heterocycles. The average molecular weight is 266 g/mol. The van der Waals surface area contributed by atoms with Crippen molar-refractivity contribution in [2.24, 2.45) is 0 Å². The summed E-state index contributed by atoms with van der Waals surface area (Å²) < 4.78 is 0. The molecule has 0 saturated heterocycles. The molecule has 100 valence electrons. The molecular weight excluding hydrogens is 256 g/mol. The molecule has 8 nitrogen and oxygen atoms in total. The van der Waals surface area contributed by atoms with E-state index in [0.29, 0.717) is 5.56 Å². The van der Waals surface area contributed by atoms with Crippen molar-refractivity contribution in [3.63, 3.8) is 0 Å². The van der Waals surface area contributed by atoms with Crippen LogP contribution in [0, 0.1) is 20.2 Å². The van der Waals surface area contributed by atoms with Crippen LogP contribution >= 0.6 is 0 Å². The Labute approximate surface area is 107 Å². The smallest absolute Gasteiger partial charge is 0.330 e. The number of carboxylic acid groups (broad SMARTS) is 1. The molecule has 1 aromatic rings. The van der Waals surface area contributed by atoms with Gasteiger partial charge in [0.2, 0.25) is 0 Å². The molecule has 0 aliphatic rings. The van der Waals surface area contributed by atoms with Crippen LogP contribution in [0.1, 0.15) is 12.0 Å². The first-order valence-corrected chi connectivity index (χ1v) is 5.15. The summed E-state index contributed by atoms with van der Waals surface area (Å²) in [6, 6.07) is 3.22. The minimum absolute atomic E-state index is 0.0610. The lowest BCUT2D eigenvalue weighted by Crippen LogP contribution is -2.01. The molecule has 1 N–H and O–H groups in total. The fourth-order valence-corrected chi connectivity index (χ4v) is 1.41. The highest BCUT2D eigenvalue weighted by molar-refractivity contribution is 5.85. The normalized spacial score (nSPS) is 9.89. The maximum atomic E-state index is 10.6. The van der Waals surface area contributed by atoms with Gasteiger partial charge in [-0.1, -0.05) is 6.58 Å². The molecule has 0 aromatic heterocycles. The van der Waals surface area contributed by atoms with E-state index in [1.165, 1.54) is 12.1 Å². The van der Waals surface area contributed by atoms with Crippen molar-refractivity contribution in [2.45, 2.75) is 12.8 Å².